The zero-order valence-corrected chi connectivity index (χ0v) is 12.7. The molecule has 0 aliphatic heterocycles. The third kappa shape index (κ3) is 3.44. The highest BCUT2D eigenvalue weighted by Gasteiger charge is 2.35. The molecule has 0 aromatic rings. The largest absolute Gasteiger partial charge is 0.353 e. The van der Waals surface area contributed by atoms with Gasteiger partial charge in [-0.05, 0) is 59.6 Å². The molecule has 0 unspecified atom stereocenters. The fraction of sp³-hybridized carbons (Fsp3) is 0.733. The van der Waals surface area contributed by atoms with Gasteiger partial charge in [0, 0.05) is 17.9 Å². The van der Waals surface area contributed by atoms with Crippen molar-refractivity contribution in [3.63, 3.8) is 0 Å². The van der Waals surface area contributed by atoms with Gasteiger partial charge in [-0.1, -0.05) is 11.1 Å². The van der Waals surface area contributed by atoms with E-state index in [0.717, 1.165) is 0 Å². The normalized spacial score (nSPS) is 19.2. The highest BCUT2D eigenvalue weighted by molar-refractivity contribution is 5.46. The second kappa shape index (κ2) is 4.80. The molecule has 0 spiro atoms. The monoisotopic (exact) mass is 253 g/mol. The Kier molecular flexibility index (Phi) is 4.11. The fourth-order valence-electron chi connectivity index (χ4n) is 2.68. The van der Waals surface area contributed by atoms with E-state index < -0.39 is 5.91 Å². The molecule has 0 saturated carbocycles. The maximum absolute atomic E-state index is 10.1. The Labute approximate surface area is 111 Å². The molecule has 1 aliphatic carbocycles. The van der Waals surface area contributed by atoms with E-state index >= 15 is 0 Å². The summed E-state index contributed by atoms with van der Waals surface area (Å²) in [5.41, 5.74) is 4.72. The van der Waals surface area contributed by atoms with Crippen LogP contribution in [0.3, 0.4) is 0 Å². The summed E-state index contributed by atoms with van der Waals surface area (Å²) >= 11 is 0. The van der Waals surface area contributed by atoms with Crippen molar-refractivity contribution in [1.82, 2.24) is 5.32 Å². The first-order chi connectivity index (χ1) is 7.94. The molecule has 1 rings (SSSR count). The molecule has 0 saturated heterocycles. The molecule has 0 bridgehead atoms. The highest BCUT2D eigenvalue weighted by Crippen LogP contribution is 2.40. The summed E-state index contributed by atoms with van der Waals surface area (Å²) in [6.07, 6.45) is 0.288. The Hall–Kier alpha value is -0.640. The average molecular weight is 253 g/mol. The van der Waals surface area contributed by atoms with Gasteiger partial charge < -0.3 is 10.2 Å². The smallest absolute Gasteiger partial charge is 0.223 e. The zero-order chi connectivity index (χ0) is 14.3. The van der Waals surface area contributed by atoms with Crippen molar-refractivity contribution in [3.05, 3.63) is 22.3 Å². The van der Waals surface area contributed by atoms with Crippen LogP contribution < -0.4 is 5.32 Å². The third-order valence-electron chi connectivity index (χ3n) is 3.85. The molecule has 0 radical (unpaired) electrons. The van der Waals surface area contributed by atoms with Gasteiger partial charge in [-0.25, -0.2) is 0 Å². The molecule has 104 valence electrons. The van der Waals surface area contributed by atoms with Crippen molar-refractivity contribution >= 4 is 0 Å². The first-order valence-corrected chi connectivity index (χ1v) is 6.54. The standard InChI is InChI=1S/C15H27NO2/c1-9-10(2)12(4)13(11(9)3)8-15(17,18)16-14(5,6)7/h13,16-18H,8H2,1-7H3. The molecular weight excluding hydrogens is 226 g/mol. The molecular formula is C15H27NO2. The second-order valence-electron chi connectivity index (χ2n) is 6.56. The number of hydrogen-bond acceptors (Lipinski definition) is 3. The van der Waals surface area contributed by atoms with Crippen LogP contribution in [-0.4, -0.2) is 21.7 Å². The number of nitrogens with one attached hydrogen (secondary N) is 1. The Morgan fingerprint density at radius 3 is 1.67 bits per heavy atom. The minimum Gasteiger partial charge on any atom is -0.353 e. The summed E-state index contributed by atoms with van der Waals surface area (Å²) < 4.78 is 0. The second-order valence-corrected chi connectivity index (χ2v) is 6.56. The molecule has 0 amide bonds. The van der Waals surface area contributed by atoms with Crippen molar-refractivity contribution in [3.8, 4) is 0 Å². The van der Waals surface area contributed by atoms with Gasteiger partial charge in [0.2, 0.25) is 5.91 Å². The minimum absolute atomic E-state index is 0.120. The van der Waals surface area contributed by atoms with Crippen LogP contribution in [-0.2, 0) is 0 Å². The Balaban J connectivity index is 2.87. The van der Waals surface area contributed by atoms with Gasteiger partial charge in [0.05, 0.1) is 0 Å². The van der Waals surface area contributed by atoms with E-state index in [1.165, 1.54) is 22.3 Å². The molecule has 1 aliphatic rings. The van der Waals surface area contributed by atoms with Crippen molar-refractivity contribution < 1.29 is 10.2 Å². The van der Waals surface area contributed by atoms with Gasteiger partial charge in [-0.15, -0.1) is 0 Å². The molecule has 18 heavy (non-hydrogen) atoms. The van der Waals surface area contributed by atoms with Crippen molar-refractivity contribution in [2.24, 2.45) is 5.92 Å². The van der Waals surface area contributed by atoms with Crippen LogP contribution in [0.25, 0.3) is 0 Å². The molecule has 3 heteroatoms. The Bertz CT molecular complexity index is 373. The summed E-state index contributed by atoms with van der Waals surface area (Å²) in [7, 11) is 0. The van der Waals surface area contributed by atoms with Crippen LogP contribution in [0.1, 0.15) is 54.9 Å². The SMILES string of the molecule is CC1=C(C)C(CC(O)(O)NC(C)(C)C)C(C)=C1C. The van der Waals surface area contributed by atoms with Crippen molar-refractivity contribution in [2.45, 2.75) is 66.3 Å². The lowest BCUT2D eigenvalue weighted by Gasteiger charge is -2.34. The van der Waals surface area contributed by atoms with Gasteiger partial charge in [-0.2, -0.15) is 0 Å². The summed E-state index contributed by atoms with van der Waals surface area (Å²) in [5.74, 6) is -1.72. The highest BCUT2D eigenvalue weighted by atomic mass is 16.5. The van der Waals surface area contributed by atoms with Crippen molar-refractivity contribution in [2.75, 3.05) is 0 Å². The molecule has 3 N–H and O–H groups in total. The third-order valence-corrected chi connectivity index (χ3v) is 3.85. The number of aliphatic hydroxyl groups is 2. The van der Waals surface area contributed by atoms with Crippen LogP contribution in [0.15, 0.2) is 22.3 Å². The average Bonchev–Trinajstić information content (AvgIpc) is 2.32. The molecule has 0 heterocycles. The van der Waals surface area contributed by atoms with Crippen molar-refractivity contribution in [1.29, 1.82) is 0 Å². The maximum Gasteiger partial charge on any atom is 0.223 e. The van der Waals surface area contributed by atoms with Gasteiger partial charge >= 0.3 is 0 Å². The Morgan fingerprint density at radius 1 is 0.944 bits per heavy atom. The van der Waals surface area contributed by atoms with E-state index in [2.05, 4.69) is 33.0 Å². The van der Waals surface area contributed by atoms with E-state index in [1.54, 1.807) is 0 Å². The van der Waals surface area contributed by atoms with Crippen LogP contribution in [0, 0.1) is 5.92 Å². The van der Waals surface area contributed by atoms with Crippen LogP contribution in [0.4, 0.5) is 0 Å². The molecule has 3 nitrogen and oxygen atoms in total. The first-order valence-electron chi connectivity index (χ1n) is 6.54. The number of allylic oxidation sites excluding steroid dienone is 4. The summed E-state index contributed by atoms with van der Waals surface area (Å²) in [6, 6.07) is 0. The molecule has 0 aromatic carbocycles. The Morgan fingerprint density at radius 2 is 1.33 bits per heavy atom. The summed E-state index contributed by atoms with van der Waals surface area (Å²) in [4.78, 5) is 0. The van der Waals surface area contributed by atoms with Gasteiger partial charge in [0.15, 0.2) is 0 Å². The van der Waals surface area contributed by atoms with Gasteiger partial charge in [0.1, 0.15) is 0 Å². The first kappa shape index (κ1) is 15.4. The van der Waals surface area contributed by atoms with Gasteiger partial charge in [-0.3, -0.25) is 5.32 Å². The lowest BCUT2D eigenvalue weighted by Crippen LogP contribution is -2.55. The lowest BCUT2D eigenvalue weighted by atomic mass is 9.91. The van der Waals surface area contributed by atoms with E-state index in [9.17, 15) is 10.2 Å². The topological polar surface area (TPSA) is 52.5 Å². The van der Waals surface area contributed by atoms with Crippen LogP contribution in [0.5, 0.6) is 0 Å². The maximum atomic E-state index is 10.1. The number of rotatable bonds is 3. The van der Waals surface area contributed by atoms with Crippen LogP contribution >= 0.6 is 0 Å². The summed E-state index contributed by atoms with van der Waals surface area (Å²) in [6.45, 7) is 14.1. The number of hydrogen-bond donors (Lipinski definition) is 3. The molecule has 0 atom stereocenters. The predicted molar refractivity (Wildman–Crippen MR) is 74.9 cm³/mol. The zero-order valence-electron chi connectivity index (χ0n) is 12.7. The fourth-order valence-corrected chi connectivity index (χ4v) is 2.68. The minimum atomic E-state index is -1.84. The van der Waals surface area contributed by atoms with E-state index in [0.29, 0.717) is 0 Å². The quantitative estimate of drug-likeness (QED) is 0.678. The predicted octanol–water partition coefficient (Wildman–Crippen LogP) is 2.71. The molecule has 0 aromatic heterocycles. The van der Waals surface area contributed by atoms with E-state index in [4.69, 9.17) is 0 Å². The molecule has 0 fully saturated rings. The van der Waals surface area contributed by atoms with E-state index in [-0.39, 0.29) is 17.9 Å². The summed E-state index contributed by atoms with van der Waals surface area (Å²) in [5, 5.41) is 23.1. The van der Waals surface area contributed by atoms with Gasteiger partial charge in [0.25, 0.3) is 0 Å². The lowest BCUT2D eigenvalue weighted by molar-refractivity contribution is -0.205. The van der Waals surface area contributed by atoms with E-state index in [1.807, 2.05) is 20.8 Å². The van der Waals surface area contributed by atoms with Crippen LogP contribution in [0.2, 0.25) is 0 Å².